The van der Waals surface area contributed by atoms with E-state index >= 15 is 0 Å². The van der Waals surface area contributed by atoms with Crippen LogP contribution in [0.1, 0.15) is 22.3 Å². The topological polar surface area (TPSA) is 69.0 Å². The van der Waals surface area contributed by atoms with E-state index in [-0.39, 0.29) is 17.2 Å². The van der Waals surface area contributed by atoms with Gasteiger partial charge in [-0.25, -0.2) is 4.98 Å². The van der Waals surface area contributed by atoms with Gasteiger partial charge in [0.2, 0.25) is 0 Å². The van der Waals surface area contributed by atoms with Crippen LogP contribution in [0.15, 0.2) is 36.5 Å². The molecule has 1 aromatic carbocycles. The Morgan fingerprint density at radius 2 is 2.07 bits per heavy atom. The Bertz CT molecular complexity index is 998. The van der Waals surface area contributed by atoms with Crippen molar-refractivity contribution in [3.05, 3.63) is 47.7 Å². The maximum Gasteiger partial charge on any atom is 0.416 e. The van der Waals surface area contributed by atoms with Crippen LogP contribution in [0.5, 0.6) is 0 Å². The number of nitrogens with one attached hydrogen (secondary N) is 1. The van der Waals surface area contributed by atoms with Gasteiger partial charge in [0.25, 0.3) is 5.91 Å². The smallest absolute Gasteiger partial charge is 0.385 e. The van der Waals surface area contributed by atoms with Crippen molar-refractivity contribution in [1.29, 1.82) is 0 Å². The molecule has 28 heavy (non-hydrogen) atoms. The first-order chi connectivity index (χ1) is 13.3. The van der Waals surface area contributed by atoms with Gasteiger partial charge in [-0.15, -0.1) is 0 Å². The number of hydrogen-bond acceptors (Lipinski definition) is 4. The molecular formula is C19H19F3N4O2. The minimum absolute atomic E-state index is 0.268. The van der Waals surface area contributed by atoms with Gasteiger partial charge >= 0.3 is 6.18 Å². The molecule has 1 amide bonds. The second kappa shape index (κ2) is 7.97. The predicted octanol–water partition coefficient (Wildman–Crippen LogP) is 3.42. The lowest BCUT2D eigenvalue weighted by Crippen LogP contribution is -2.25. The number of halogens is 3. The highest BCUT2D eigenvalue weighted by atomic mass is 19.4. The van der Waals surface area contributed by atoms with Crippen molar-refractivity contribution < 1.29 is 22.7 Å². The van der Waals surface area contributed by atoms with Crippen molar-refractivity contribution in [1.82, 2.24) is 20.1 Å². The van der Waals surface area contributed by atoms with E-state index in [2.05, 4.69) is 15.4 Å². The summed E-state index contributed by atoms with van der Waals surface area (Å²) in [4.78, 5) is 17.1. The number of amides is 1. The fraction of sp³-hybridized carbons (Fsp3) is 0.316. The number of fused-ring (bicyclic) bond motifs is 1. The fourth-order valence-electron chi connectivity index (χ4n) is 2.82. The molecule has 6 nitrogen and oxygen atoms in total. The van der Waals surface area contributed by atoms with Crippen LogP contribution in [-0.4, -0.2) is 40.9 Å². The van der Waals surface area contributed by atoms with Gasteiger partial charge in [-0.2, -0.15) is 18.3 Å². The summed E-state index contributed by atoms with van der Waals surface area (Å²) in [6, 6.07) is 6.35. The van der Waals surface area contributed by atoms with Gasteiger partial charge in [-0.05, 0) is 24.6 Å². The summed E-state index contributed by atoms with van der Waals surface area (Å²) >= 11 is 0. The molecule has 148 valence electrons. The van der Waals surface area contributed by atoms with Crippen LogP contribution < -0.4 is 5.32 Å². The number of nitrogens with zero attached hydrogens (tertiary/aromatic N) is 3. The molecule has 3 rings (SSSR count). The average molecular weight is 392 g/mol. The Labute approximate surface area is 159 Å². The summed E-state index contributed by atoms with van der Waals surface area (Å²) in [5, 5.41) is 7.43. The van der Waals surface area contributed by atoms with Gasteiger partial charge in [0.05, 0.1) is 28.4 Å². The normalized spacial score (nSPS) is 11.8. The van der Waals surface area contributed by atoms with Crippen LogP contribution in [0.4, 0.5) is 13.2 Å². The number of aryl methyl sites for hydroxylation is 1. The molecular weight excluding hydrogens is 373 g/mol. The maximum absolute atomic E-state index is 13.1. The van der Waals surface area contributed by atoms with Crippen molar-refractivity contribution in [3.63, 3.8) is 0 Å². The summed E-state index contributed by atoms with van der Waals surface area (Å²) in [5.41, 5.74) is 0.484. The Balaban J connectivity index is 2.03. The third kappa shape index (κ3) is 4.14. The third-order valence-electron chi connectivity index (χ3n) is 4.25. The SMILES string of the molecule is COCCCNC(=O)c1cc(-c2cccc(C(F)(F)F)c2)nc2c1cnn2C. The predicted molar refractivity (Wildman–Crippen MR) is 97.8 cm³/mol. The summed E-state index contributed by atoms with van der Waals surface area (Å²) in [6.07, 6.45) is -2.31. The molecule has 0 aliphatic carbocycles. The zero-order chi connectivity index (χ0) is 20.3. The second-order valence-electron chi connectivity index (χ2n) is 6.24. The van der Waals surface area contributed by atoms with E-state index in [0.29, 0.717) is 36.2 Å². The largest absolute Gasteiger partial charge is 0.416 e. The van der Waals surface area contributed by atoms with Gasteiger partial charge in [0.15, 0.2) is 5.65 Å². The van der Waals surface area contributed by atoms with Crippen LogP contribution in [0.3, 0.4) is 0 Å². The number of benzene rings is 1. The van der Waals surface area contributed by atoms with Crippen molar-refractivity contribution >= 4 is 16.9 Å². The van der Waals surface area contributed by atoms with E-state index in [1.54, 1.807) is 14.2 Å². The van der Waals surface area contributed by atoms with Crippen molar-refractivity contribution in [2.24, 2.45) is 7.05 Å². The van der Waals surface area contributed by atoms with Gasteiger partial charge in [0, 0.05) is 32.9 Å². The molecule has 0 aliphatic heterocycles. The van der Waals surface area contributed by atoms with Crippen molar-refractivity contribution in [2.75, 3.05) is 20.3 Å². The summed E-state index contributed by atoms with van der Waals surface area (Å²) in [7, 11) is 3.23. The van der Waals surface area contributed by atoms with Crippen molar-refractivity contribution in [3.8, 4) is 11.3 Å². The number of alkyl halides is 3. The monoisotopic (exact) mass is 392 g/mol. The van der Waals surface area contributed by atoms with E-state index in [9.17, 15) is 18.0 Å². The van der Waals surface area contributed by atoms with Gasteiger partial charge in [0.1, 0.15) is 0 Å². The molecule has 0 unspecified atom stereocenters. The quantitative estimate of drug-likeness (QED) is 0.653. The van der Waals surface area contributed by atoms with Crippen LogP contribution >= 0.6 is 0 Å². The molecule has 0 saturated heterocycles. The minimum atomic E-state index is -4.46. The van der Waals surface area contributed by atoms with Crippen LogP contribution in [-0.2, 0) is 18.0 Å². The van der Waals surface area contributed by atoms with E-state index in [1.165, 1.54) is 29.1 Å². The molecule has 0 radical (unpaired) electrons. The lowest BCUT2D eigenvalue weighted by molar-refractivity contribution is -0.137. The van der Waals surface area contributed by atoms with E-state index in [1.807, 2.05) is 0 Å². The highest BCUT2D eigenvalue weighted by Crippen LogP contribution is 2.32. The van der Waals surface area contributed by atoms with Crippen LogP contribution in [0, 0.1) is 0 Å². The number of carbonyl (C=O) groups excluding carboxylic acids is 1. The molecule has 1 N–H and O–H groups in total. The highest BCUT2D eigenvalue weighted by molar-refractivity contribution is 6.06. The first-order valence-electron chi connectivity index (χ1n) is 8.59. The zero-order valence-corrected chi connectivity index (χ0v) is 15.4. The van der Waals surface area contributed by atoms with E-state index in [4.69, 9.17) is 4.74 Å². The number of methoxy groups -OCH3 is 1. The second-order valence-corrected chi connectivity index (χ2v) is 6.24. The van der Waals surface area contributed by atoms with Gasteiger partial charge in [-0.3, -0.25) is 9.48 Å². The number of ether oxygens (including phenoxy) is 1. The Hall–Kier alpha value is -2.94. The lowest BCUT2D eigenvalue weighted by Gasteiger charge is -2.11. The summed E-state index contributed by atoms with van der Waals surface area (Å²) < 4.78 is 45.6. The third-order valence-corrected chi connectivity index (χ3v) is 4.25. The fourth-order valence-corrected chi connectivity index (χ4v) is 2.82. The van der Waals surface area contributed by atoms with Crippen LogP contribution in [0.2, 0.25) is 0 Å². The molecule has 0 saturated carbocycles. The van der Waals surface area contributed by atoms with Gasteiger partial charge < -0.3 is 10.1 Å². The van der Waals surface area contributed by atoms with E-state index in [0.717, 1.165) is 12.1 Å². The number of carbonyl (C=O) groups is 1. The number of rotatable bonds is 6. The minimum Gasteiger partial charge on any atom is -0.385 e. The molecule has 0 bridgehead atoms. The highest BCUT2D eigenvalue weighted by Gasteiger charge is 2.30. The number of hydrogen-bond donors (Lipinski definition) is 1. The molecule has 2 heterocycles. The molecule has 9 heteroatoms. The number of pyridine rings is 1. The first-order valence-corrected chi connectivity index (χ1v) is 8.59. The molecule has 2 aromatic heterocycles. The first kappa shape index (κ1) is 19.8. The van der Waals surface area contributed by atoms with E-state index < -0.39 is 11.7 Å². The van der Waals surface area contributed by atoms with Crippen molar-refractivity contribution in [2.45, 2.75) is 12.6 Å². The molecule has 0 aliphatic rings. The molecule has 3 aromatic rings. The molecule has 0 fully saturated rings. The maximum atomic E-state index is 13.1. The Kier molecular flexibility index (Phi) is 5.64. The van der Waals surface area contributed by atoms with Gasteiger partial charge in [-0.1, -0.05) is 12.1 Å². The van der Waals surface area contributed by atoms with Crippen LogP contribution in [0.25, 0.3) is 22.3 Å². The molecule has 0 spiro atoms. The zero-order valence-electron chi connectivity index (χ0n) is 15.4. The number of aromatic nitrogens is 3. The standard InChI is InChI=1S/C19H19F3N4O2/c1-26-17-15(11-24-26)14(18(27)23-7-4-8-28-2)10-16(25-17)12-5-3-6-13(9-12)19(20,21)22/h3,5-6,9-11H,4,7-8H2,1-2H3,(H,23,27). The molecule has 0 atom stereocenters. The summed E-state index contributed by atoms with van der Waals surface area (Å²) in [6.45, 7) is 0.921. The average Bonchev–Trinajstić information content (AvgIpc) is 3.05. The summed E-state index contributed by atoms with van der Waals surface area (Å²) in [5.74, 6) is -0.343. The Morgan fingerprint density at radius 1 is 1.29 bits per heavy atom. The lowest BCUT2D eigenvalue weighted by atomic mass is 10.0. The Morgan fingerprint density at radius 3 is 2.79 bits per heavy atom.